The van der Waals surface area contributed by atoms with Crippen LogP contribution in [-0.2, 0) is 19.1 Å². The minimum absolute atomic E-state index is 0.00134. The fourth-order valence-corrected chi connectivity index (χ4v) is 4.01. The Labute approximate surface area is 195 Å². The maximum atomic E-state index is 12.9. The molecule has 2 aliphatic rings. The Bertz CT molecular complexity index is 825. The first-order valence-electron chi connectivity index (χ1n) is 11.7. The Morgan fingerprint density at radius 1 is 1.21 bits per heavy atom. The highest BCUT2D eigenvalue weighted by Gasteiger charge is 2.35. The fourth-order valence-electron chi connectivity index (χ4n) is 4.01. The molecule has 2 heterocycles. The van der Waals surface area contributed by atoms with Crippen molar-refractivity contribution in [3.63, 3.8) is 0 Å². The van der Waals surface area contributed by atoms with E-state index in [9.17, 15) is 14.4 Å². The third kappa shape index (κ3) is 7.52. The summed E-state index contributed by atoms with van der Waals surface area (Å²) < 4.78 is 10.7. The molecule has 0 unspecified atom stereocenters. The van der Waals surface area contributed by atoms with Crippen molar-refractivity contribution < 1.29 is 23.9 Å². The van der Waals surface area contributed by atoms with Gasteiger partial charge >= 0.3 is 0 Å². The van der Waals surface area contributed by atoms with Gasteiger partial charge in [-0.2, -0.15) is 0 Å². The number of morpholine rings is 1. The van der Waals surface area contributed by atoms with Crippen molar-refractivity contribution in [1.29, 1.82) is 0 Å². The number of benzene rings is 1. The van der Waals surface area contributed by atoms with Crippen molar-refractivity contribution >= 4 is 23.3 Å². The molecule has 3 rings (SSSR count). The van der Waals surface area contributed by atoms with Gasteiger partial charge in [0.2, 0.25) is 5.91 Å². The van der Waals surface area contributed by atoms with Crippen LogP contribution in [0.4, 0.5) is 5.69 Å². The maximum absolute atomic E-state index is 12.9. The lowest BCUT2D eigenvalue weighted by Gasteiger charge is -2.26. The van der Waals surface area contributed by atoms with Gasteiger partial charge in [-0.05, 0) is 37.5 Å². The molecule has 0 aliphatic carbocycles. The minimum Gasteiger partial charge on any atom is -0.384 e. The van der Waals surface area contributed by atoms with Crippen molar-refractivity contribution in [1.82, 2.24) is 15.5 Å². The largest absolute Gasteiger partial charge is 0.384 e. The number of carbonyl (C=O) groups excluding carboxylic acids is 3. The monoisotopic (exact) mass is 460 g/mol. The van der Waals surface area contributed by atoms with E-state index in [1.54, 1.807) is 19.1 Å². The van der Waals surface area contributed by atoms with Gasteiger partial charge in [-0.15, -0.1) is 0 Å². The Kier molecular flexibility index (Phi) is 9.22. The van der Waals surface area contributed by atoms with Crippen molar-refractivity contribution in [2.24, 2.45) is 5.92 Å². The van der Waals surface area contributed by atoms with Crippen molar-refractivity contribution in [3.8, 4) is 0 Å². The van der Waals surface area contributed by atoms with Gasteiger partial charge in [-0.3, -0.25) is 19.3 Å². The van der Waals surface area contributed by atoms with E-state index in [0.29, 0.717) is 12.0 Å². The third-order valence-electron chi connectivity index (χ3n) is 5.92. The first-order chi connectivity index (χ1) is 15.8. The molecule has 2 aliphatic heterocycles. The highest BCUT2D eigenvalue weighted by molar-refractivity contribution is 5.99. The maximum Gasteiger partial charge on any atom is 0.252 e. The van der Waals surface area contributed by atoms with Crippen LogP contribution in [-0.4, -0.2) is 86.7 Å². The number of carbonyl (C=O) groups is 3. The second-order valence-electron chi connectivity index (χ2n) is 9.09. The third-order valence-corrected chi connectivity index (χ3v) is 5.92. The average molecular weight is 461 g/mol. The summed E-state index contributed by atoms with van der Waals surface area (Å²) in [5, 5.41) is 8.97. The van der Waals surface area contributed by atoms with Gasteiger partial charge in [-0.1, -0.05) is 19.9 Å². The average Bonchev–Trinajstić information content (AvgIpc) is 3.11. The molecule has 2 amide bonds. The first-order valence-corrected chi connectivity index (χ1v) is 11.7. The molecule has 3 N–H and O–H groups in total. The Hall–Kier alpha value is -2.49. The van der Waals surface area contributed by atoms with Crippen LogP contribution >= 0.6 is 0 Å². The number of hydrogen-bond donors (Lipinski definition) is 3. The number of nitrogens with one attached hydrogen (secondary N) is 3. The summed E-state index contributed by atoms with van der Waals surface area (Å²) >= 11 is 0. The van der Waals surface area contributed by atoms with Crippen molar-refractivity contribution in [2.75, 3.05) is 51.3 Å². The molecule has 1 aromatic rings. The Morgan fingerprint density at radius 3 is 2.64 bits per heavy atom. The zero-order chi connectivity index (χ0) is 23.8. The standard InChI is InChI=1S/C24H36N4O5/c1-16(2)13-20(24(31)27-22-17(3)33-15-21(22)29)26-23(30)18-5-4-6-19(14-18)25-7-8-28-9-11-32-12-10-28/h4-6,14,16-17,20,22,25H,7-13,15H2,1-3H3,(H,26,30)(H,27,31)/t17-,20+,22-/m1/s1. The molecule has 182 valence electrons. The molecule has 3 atom stereocenters. The molecule has 0 radical (unpaired) electrons. The summed E-state index contributed by atoms with van der Waals surface area (Å²) in [4.78, 5) is 40.2. The summed E-state index contributed by atoms with van der Waals surface area (Å²) in [7, 11) is 0. The molecule has 0 bridgehead atoms. The lowest BCUT2D eigenvalue weighted by Crippen LogP contribution is -2.53. The Morgan fingerprint density at radius 2 is 1.97 bits per heavy atom. The summed E-state index contributed by atoms with van der Waals surface area (Å²) in [5.74, 6) is -0.661. The zero-order valence-corrected chi connectivity index (χ0v) is 19.8. The normalized spacial score (nSPS) is 22.2. The van der Waals surface area contributed by atoms with Crippen molar-refractivity contribution in [3.05, 3.63) is 29.8 Å². The highest BCUT2D eigenvalue weighted by atomic mass is 16.5. The minimum atomic E-state index is -0.740. The second kappa shape index (κ2) is 12.1. The second-order valence-corrected chi connectivity index (χ2v) is 9.09. The van der Waals surface area contributed by atoms with Crippen LogP contribution in [0, 0.1) is 5.92 Å². The van der Waals surface area contributed by atoms with E-state index >= 15 is 0 Å². The molecule has 9 heteroatoms. The number of hydrogen-bond acceptors (Lipinski definition) is 7. The van der Waals surface area contributed by atoms with Crippen LogP contribution in [0.25, 0.3) is 0 Å². The summed E-state index contributed by atoms with van der Waals surface area (Å²) in [5.41, 5.74) is 1.32. The number of anilines is 1. The van der Waals surface area contributed by atoms with Crippen molar-refractivity contribution in [2.45, 2.75) is 45.4 Å². The lowest BCUT2D eigenvalue weighted by molar-refractivity contribution is -0.127. The van der Waals surface area contributed by atoms with Gasteiger partial charge in [0.15, 0.2) is 5.78 Å². The number of nitrogens with zero attached hydrogens (tertiary/aromatic N) is 1. The quantitative estimate of drug-likeness (QED) is 0.479. The van der Waals surface area contributed by atoms with E-state index in [1.807, 2.05) is 26.0 Å². The molecule has 0 spiro atoms. The van der Waals surface area contributed by atoms with Crippen LogP contribution in [0.5, 0.6) is 0 Å². The smallest absolute Gasteiger partial charge is 0.252 e. The highest BCUT2D eigenvalue weighted by Crippen LogP contribution is 2.14. The summed E-state index contributed by atoms with van der Waals surface area (Å²) in [6.07, 6.45) is 0.0858. The van der Waals surface area contributed by atoms with E-state index in [2.05, 4.69) is 20.9 Å². The van der Waals surface area contributed by atoms with Crippen LogP contribution < -0.4 is 16.0 Å². The number of Topliss-reactive ketones (excluding diaryl/α,β-unsaturated/α-hetero) is 1. The SMILES string of the molecule is CC(C)C[C@H](NC(=O)c1cccc(NCCN2CCOCC2)c1)C(=O)N[C@H]1C(=O)CO[C@@H]1C. The molecular formula is C24H36N4O5. The molecule has 2 fully saturated rings. The number of rotatable bonds is 10. The zero-order valence-electron chi connectivity index (χ0n) is 19.8. The molecule has 33 heavy (non-hydrogen) atoms. The first kappa shape index (κ1) is 25.1. The predicted molar refractivity (Wildman–Crippen MR) is 125 cm³/mol. The van der Waals surface area contributed by atoms with Gasteiger partial charge in [0.25, 0.3) is 5.91 Å². The van der Waals surface area contributed by atoms with Crippen LogP contribution in [0.15, 0.2) is 24.3 Å². The van der Waals surface area contributed by atoms with Crippen LogP contribution in [0.1, 0.15) is 37.6 Å². The van der Waals surface area contributed by atoms with Crippen LogP contribution in [0.2, 0.25) is 0 Å². The molecule has 2 saturated heterocycles. The van der Waals surface area contributed by atoms with E-state index in [1.165, 1.54) is 0 Å². The van der Waals surface area contributed by atoms with Gasteiger partial charge in [0.05, 0.1) is 19.3 Å². The summed E-state index contributed by atoms with van der Waals surface area (Å²) in [6.45, 7) is 10.8. The molecular weight excluding hydrogens is 424 g/mol. The predicted octanol–water partition coefficient (Wildman–Crippen LogP) is 1.05. The number of ether oxygens (including phenoxy) is 2. The van der Waals surface area contributed by atoms with Gasteiger partial charge in [0.1, 0.15) is 18.7 Å². The Balaban J connectivity index is 1.57. The molecule has 1 aromatic carbocycles. The van der Waals surface area contributed by atoms with E-state index < -0.39 is 12.1 Å². The lowest BCUT2D eigenvalue weighted by atomic mass is 10.0. The molecule has 0 aromatic heterocycles. The van der Waals surface area contributed by atoms with E-state index in [-0.39, 0.29) is 36.2 Å². The number of amides is 2. The molecule has 0 saturated carbocycles. The van der Waals surface area contributed by atoms with E-state index in [4.69, 9.17) is 9.47 Å². The fraction of sp³-hybridized carbons (Fsp3) is 0.625. The molecule has 9 nitrogen and oxygen atoms in total. The van der Waals surface area contributed by atoms with Gasteiger partial charge < -0.3 is 25.4 Å². The summed E-state index contributed by atoms with van der Waals surface area (Å²) in [6, 6.07) is 5.83. The van der Waals surface area contributed by atoms with Crippen LogP contribution in [0.3, 0.4) is 0 Å². The van der Waals surface area contributed by atoms with Gasteiger partial charge in [0, 0.05) is 37.4 Å². The number of ketones is 1. The van der Waals surface area contributed by atoms with E-state index in [0.717, 1.165) is 45.1 Å². The topological polar surface area (TPSA) is 109 Å². The van der Waals surface area contributed by atoms with Gasteiger partial charge in [-0.25, -0.2) is 0 Å².